The molecule has 1 aliphatic carbocycles. The molecule has 3 aliphatic rings. The lowest BCUT2D eigenvalue weighted by atomic mass is 10.0. The number of amides is 2. The van der Waals surface area contributed by atoms with Crippen LogP contribution in [0.4, 0.5) is 4.79 Å². The Labute approximate surface area is 147 Å². The Kier molecular flexibility index (Phi) is 4.78. The zero-order valence-corrected chi connectivity index (χ0v) is 14.7. The number of H-pyrrole nitrogens is 2. The third kappa shape index (κ3) is 4.05. The molecule has 1 atom stereocenters. The average molecular weight is 348 g/mol. The van der Waals surface area contributed by atoms with E-state index in [0.29, 0.717) is 12.4 Å². The molecule has 8 heteroatoms. The van der Waals surface area contributed by atoms with Gasteiger partial charge in [0.15, 0.2) is 5.82 Å². The summed E-state index contributed by atoms with van der Waals surface area (Å²) in [6, 6.07) is 0.0978. The molecule has 8 nitrogen and oxygen atoms in total. The van der Waals surface area contributed by atoms with Gasteiger partial charge in [0.1, 0.15) is 0 Å². The molecule has 1 saturated carbocycles. The van der Waals surface area contributed by atoms with Gasteiger partial charge in [-0.25, -0.2) is 14.7 Å². The number of rotatable bonds is 4. The van der Waals surface area contributed by atoms with Crippen molar-refractivity contribution >= 4 is 6.03 Å². The molecule has 3 fully saturated rings. The average Bonchev–Trinajstić information content (AvgIpc) is 3.34. The van der Waals surface area contributed by atoms with E-state index < -0.39 is 0 Å². The van der Waals surface area contributed by atoms with Crippen molar-refractivity contribution in [1.82, 2.24) is 30.3 Å². The Hall–Kier alpha value is -1.83. The summed E-state index contributed by atoms with van der Waals surface area (Å²) in [4.78, 5) is 31.2. The monoisotopic (exact) mass is 348 g/mol. The lowest BCUT2D eigenvalue weighted by Gasteiger charge is -2.37. The highest BCUT2D eigenvalue weighted by Gasteiger charge is 2.32. The van der Waals surface area contributed by atoms with E-state index >= 15 is 0 Å². The van der Waals surface area contributed by atoms with Crippen LogP contribution in [-0.4, -0.2) is 63.2 Å². The number of nitrogens with zero attached hydrogens (tertiary/aromatic N) is 3. The molecule has 3 N–H and O–H groups in total. The van der Waals surface area contributed by atoms with E-state index in [9.17, 15) is 9.59 Å². The Bertz CT molecular complexity index is 644. The highest BCUT2D eigenvalue weighted by Crippen LogP contribution is 2.31. The van der Waals surface area contributed by atoms with Crippen molar-refractivity contribution in [3.8, 4) is 0 Å². The molecule has 3 heterocycles. The first-order chi connectivity index (χ1) is 12.2. The third-order valence-electron chi connectivity index (χ3n) is 5.73. The number of piperidine rings is 2. The summed E-state index contributed by atoms with van der Waals surface area (Å²) in [6.07, 6.45) is 7.71. The number of carbonyl (C=O) groups excluding carboxylic acids is 1. The summed E-state index contributed by atoms with van der Waals surface area (Å²) in [7, 11) is 0. The SMILES string of the molecule is O=C(NC1CCN(CC2CC2)CC1)N1CCCCC1c1n[nH]c(=O)[nH]1. The second-order valence-electron chi connectivity index (χ2n) is 7.74. The minimum atomic E-state index is -0.316. The maximum Gasteiger partial charge on any atom is 0.340 e. The maximum atomic E-state index is 12.8. The number of carbonyl (C=O) groups is 1. The van der Waals surface area contributed by atoms with Crippen LogP contribution in [0.5, 0.6) is 0 Å². The Morgan fingerprint density at radius 3 is 2.60 bits per heavy atom. The van der Waals surface area contributed by atoms with Gasteiger partial charge in [0, 0.05) is 32.2 Å². The molecule has 1 aromatic rings. The van der Waals surface area contributed by atoms with E-state index in [1.165, 1.54) is 19.4 Å². The first kappa shape index (κ1) is 16.6. The van der Waals surface area contributed by atoms with E-state index in [-0.39, 0.29) is 23.8 Å². The molecule has 2 saturated heterocycles. The number of nitrogens with one attached hydrogen (secondary N) is 3. The molecule has 138 valence electrons. The van der Waals surface area contributed by atoms with Gasteiger partial charge in [-0.05, 0) is 50.9 Å². The number of likely N-dealkylation sites (tertiary alicyclic amines) is 2. The Morgan fingerprint density at radius 1 is 1.12 bits per heavy atom. The summed E-state index contributed by atoms with van der Waals surface area (Å²) >= 11 is 0. The van der Waals surface area contributed by atoms with E-state index in [1.54, 1.807) is 0 Å². The molecule has 2 amide bonds. The lowest BCUT2D eigenvalue weighted by Crippen LogP contribution is -2.51. The van der Waals surface area contributed by atoms with Gasteiger partial charge in [-0.2, -0.15) is 5.10 Å². The van der Waals surface area contributed by atoms with Crippen LogP contribution in [0.15, 0.2) is 4.79 Å². The van der Waals surface area contributed by atoms with Crippen LogP contribution in [0.3, 0.4) is 0 Å². The predicted molar refractivity (Wildman–Crippen MR) is 93.2 cm³/mol. The predicted octanol–water partition coefficient (Wildman–Crippen LogP) is 1.21. The van der Waals surface area contributed by atoms with Crippen molar-refractivity contribution in [3.63, 3.8) is 0 Å². The third-order valence-corrected chi connectivity index (χ3v) is 5.73. The van der Waals surface area contributed by atoms with Crippen LogP contribution in [0.2, 0.25) is 0 Å². The molecule has 1 unspecified atom stereocenters. The van der Waals surface area contributed by atoms with E-state index in [2.05, 4.69) is 25.4 Å². The van der Waals surface area contributed by atoms with Crippen molar-refractivity contribution in [2.45, 2.75) is 57.0 Å². The van der Waals surface area contributed by atoms with Crippen molar-refractivity contribution in [1.29, 1.82) is 0 Å². The Morgan fingerprint density at radius 2 is 1.92 bits per heavy atom. The highest BCUT2D eigenvalue weighted by atomic mass is 16.2. The second-order valence-corrected chi connectivity index (χ2v) is 7.74. The van der Waals surface area contributed by atoms with Gasteiger partial charge in [0.25, 0.3) is 0 Å². The largest absolute Gasteiger partial charge is 0.340 e. The molecular formula is C17H28N6O2. The number of aromatic amines is 2. The van der Waals surface area contributed by atoms with Crippen LogP contribution in [-0.2, 0) is 0 Å². The summed E-state index contributed by atoms with van der Waals surface area (Å²) in [5, 5.41) is 9.66. The standard InChI is InChI=1S/C17H28N6O2/c24-16-19-15(20-21-16)14-3-1-2-8-23(14)17(25)18-13-6-9-22(10-7-13)11-12-4-5-12/h12-14H,1-11H2,(H,18,25)(H2,19,20,21,24). The fourth-order valence-electron chi connectivity index (χ4n) is 4.08. The Balaban J connectivity index is 1.32. The van der Waals surface area contributed by atoms with Crippen molar-refractivity contribution < 1.29 is 4.79 Å². The van der Waals surface area contributed by atoms with Gasteiger partial charge >= 0.3 is 11.7 Å². The molecule has 4 rings (SSSR count). The molecule has 2 aliphatic heterocycles. The minimum absolute atomic E-state index is 0.0193. The zero-order valence-electron chi connectivity index (χ0n) is 14.7. The van der Waals surface area contributed by atoms with Crippen molar-refractivity contribution in [2.24, 2.45) is 5.92 Å². The van der Waals surface area contributed by atoms with Crippen molar-refractivity contribution in [2.75, 3.05) is 26.2 Å². The lowest BCUT2D eigenvalue weighted by molar-refractivity contribution is 0.135. The molecule has 0 radical (unpaired) electrons. The smallest absolute Gasteiger partial charge is 0.335 e. The van der Waals surface area contributed by atoms with Gasteiger partial charge in [0.05, 0.1) is 6.04 Å². The van der Waals surface area contributed by atoms with Gasteiger partial charge in [-0.3, -0.25) is 4.98 Å². The number of hydrogen-bond acceptors (Lipinski definition) is 4. The minimum Gasteiger partial charge on any atom is -0.335 e. The highest BCUT2D eigenvalue weighted by molar-refractivity contribution is 5.75. The summed E-state index contributed by atoms with van der Waals surface area (Å²) < 4.78 is 0. The van der Waals surface area contributed by atoms with E-state index in [1.807, 2.05) is 4.90 Å². The summed E-state index contributed by atoms with van der Waals surface area (Å²) in [6.45, 7) is 4.11. The second kappa shape index (κ2) is 7.19. The van der Waals surface area contributed by atoms with Crippen LogP contribution < -0.4 is 11.0 Å². The first-order valence-corrected chi connectivity index (χ1v) is 9.63. The molecule has 0 aromatic carbocycles. The molecule has 1 aromatic heterocycles. The number of hydrogen-bond donors (Lipinski definition) is 3. The van der Waals surface area contributed by atoms with Crippen molar-refractivity contribution in [3.05, 3.63) is 16.3 Å². The molecule has 0 spiro atoms. The maximum absolute atomic E-state index is 12.8. The molecule has 25 heavy (non-hydrogen) atoms. The normalized spacial score (nSPS) is 25.9. The topological polar surface area (TPSA) is 97.1 Å². The van der Waals surface area contributed by atoms with E-state index in [0.717, 1.165) is 51.1 Å². The van der Waals surface area contributed by atoms with Gasteiger partial charge in [0.2, 0.25) is 0 Å². The summed E-state index contributed by atoms with van der Waals surface area (Å²) in [5.74, 6) is 1.50. The summed E-state index contributed by atoms with van der Waals surface area (Å²) in [5.41, 5.74) is -0.316. The zero-order chi connectivity index (χ0) is 17.2. The number of urea groups is 1. The molecule has 0 bridgehead atoms. The number of aromatic nitrogens is 3. The fraction of sp³-hybridized carbons (Fsp3) is 0.824. The van der Waals surface area contributed by atoms with E-state index in [4.69, 9.17) is 0 Å². The van der Waals surface area contributed by atoms with Crippen LogP contribution in [0.25, 0.3) is 0 Å². The van der Waals surface area contributed by atoms with Gasteiger partial charge < -0.3 is 15.1 Å². The van der Waals surface area contributed by atoms with Crippen LogP contribution >= 0.6 is 0 Å². The van der Waals surface area contributed by atoms with Crippen LogP contribution in [0.1, 0.15) is 56.8 Å². The fourth-order valence-corrected chi connectivity index (χ4v) is 4.08. The van der Waals surface area contributed by atoms with Gasteiger partial charge in [-0.1, -0.05) is 0 Å². The van der Waals surface area contributed by atoms with Crippen LogP contribution in [0, 0.1) is 5.92 Å². The quantitative estimate of drug-likeness (QED) is 0.762. The first-order valence-electron chi connectivity index (χ1n) is 9.63. The van der Waals surface area contributed by atoms with Gasteiger partial charge in [-0.15, -0.1) is 0 Å². The molecular weight excluding hydrogens is 320 g/mol.